The Hall–Kier alpha value is -0.790. The zero-order valence-corrected chi connectivity index (χ0v) is 5.58. The molecule has 0 radical (unpaired) electrons. The van der Waals surface area contributed by atoms with Crippen LogP contribution in [-0.2, 0) is 0 Å². The van der Waals surface area contributed by atoms with Gasteiger partial charge in [-0.2, -0.15) is 0 Å². The first kappa shape index (κ1) is 7.21. The zero-order valence-electron chi connectivity index (χ0n) is 5.58. The van der Waals surface area contributed by atoms with Gasteiger partial charge in [0.05, 0.1) is 11.4 Å². The highest BCUT2D eigenvalue weighted by Crippen LogP contribution is 1.87. The minimum Gasteiger partial charge on any atom is -0.387 e. The fourth-order valence-electron chi connectivity index (χ4n) is 0.548. The second-order valence-corrected chi connectivity index (χ2v) is 1.58. The summed E-state index contributed by atoms with van der Waals surface area (Å²) in [4.78, 5) is 0. The highest BCUT2D eigenvalue weighted by atomic mass is 14.8. The van der Waals surface area contributed by atoms with Crippen molar-refractivity contribution in [3.8, 4) is 0 Å². The Morgan fingerprint density at radius 2 is 2.12 bits per heavy atom. The van der Waals surface area contributed by atoms with Crippen LogP contribution in [0, 0.1) is 5.41 Å². The molecule has 46 valence electrons. The first-order chi connectivity index (χ1) is 3.72. The maximum atomic E-state index is 7.12. The molecule has 0 rings (SSSR count). The van der Waals surface area contributed by atoms with E-state index in [2.05, 4.69) is 5.32 Å². The number of rotatable bonds is 2. The van der Waals surface area contributed by atoms with E-state index < -0.39 is 0 Å². The van der Waals surface area contributed by atoms with Gasteiger partial charge in [-0.1, -0.05) is 6.08 Å². The van der Waals surface area contributed by atoms with Crippen molar-refractivity contribution in [3.63, 3.8) is 0 Å². The minimum absolute atomic E-state index is 0.579. The van der Waals surface area contributed by atoms with Crippen LogP contribution in [-0.4, -0.2) is 12.8 Å². The lowest BCUT2D eigenvalue weighted by molar-refractivity contribution is 1.04. The summed E-state index contributed by atoms with van der Waals surface area (Å²) < 4.78 is 0. The molecule has 0 atom stereocenters. The number of allylic oxidation sites excluding steroid dienone is 2. The Balaban J connectivity index is 3.92. The monoisotopic (exact) mass is 112 g/mol. The van der Waals surface area contributed by atoms with Crippen LogP contribution >= 0.6 is 0 Å². The highest BCUT2D eigenvalue weighted by Gasteiger charge is 1.89. The van der Waals surface area contributed by atoms with Crippen molar-refractivity contribution >= 4 is 5.71 Å². The number of hydrogen-bond acceptors (Lipinski definition) is 2. The van der Waals surface area contributed by atoms with Crippen molar-refractivity contribution in [2.45, 2.75) is 13.8 Å². The number of hydrogen-bond donors (Lipinski definition) is 2. The van der Waals surface area contributed by atoms with Gasteiger partial charge < -0.3 is 10.7 Å². The molecule has 0 aromatic carbocycles. The van der Waals surface area contributed by atoms with Crippen molar-refractivity contribution in [2.24, 2.45) is 0 Å². The molecule has 0 fully saturated rings. The van der Waals surface area contributed by atoms with Gasteiger partial charge in [-0.05, 0) is 13.8 Å². The highest BCUT2D eigenvalue weighted by molar-refractivity contribution is 5.94. The van der Waals surface area contributed by atoms with Gasteiger partial charge in [0.1, 0.15) is 0 Å². The molecule has 0 aromatic rings. The Morgan fingerprint density at radius 3 is 2.12 bits per heavy atom. The van der Waals surface area contributed by atoms with Crippen molar-refractivity contribution in [2.75, 3.05) is 7.05 Å². The first-order valence-corrected chi connectivity index (χ1v) is 2.62. The molecule has 0 unspecified atom stereocenters. The average molecular weight is 112 g/mol. The van der Waals surface area contributed by atoms with Gasteiger partial charge in [-0.15, -0.1) is 0 Å². The van der Waals surface area contributed by atoms with Crippen LogP contribution in [0.5, 0.6) is 0 Å². The van der Waals surface area contributed by atoms with Gasteiger partial charge in [0, 0.05) is 7.05 Å². The standard InChI is InChI=1S/C6H12N2/c1-4-6(8-3)5(2)7/h4,7-8H,1-3H3/b6-4-,7-5?. The molecule has 8 heavy (non-hydrogen) atoms. The van der Waals surface area contributed by atoms with Crippen LogP contribution in [0.2, 0.25) is 0 Å². The van der Waals surface area contributed by atoms with Gasteiger partial charge in [-0.25, -0.2) is 0 Å². The molecule has 2 N–H and O–H groups in total. The molecule has 0 bridgehead atoms. The second kappa shape index (κ2) is 3.24. The minimum atomic E-state index is 0.579. The van der Waals surface area contributed by atoms with Crippen molar-refractivity contribution in [1.29, 1.82) is 5.41 Å². The SMILES string of the molecule is C/C=C(\NC)C(C)=N. The summed E-state index contributed by atoms with van der Waals surface area (Å²) in [5.74, 6) is 0. The van der Waals surface area contributed by atoms with Gasteiger partial charge >= 0.3 is 0 Å². The number of nitrogens with one attached hydrogen (secondary N) is 2. The maximum absolute atomic E-state index is 7.12. The molecule has 0 aliphatic carbocycles. The lowest BCUT2D eigenvalue weighted by Gasteiger charge is -2.00. The van der Waals surface area contributed by atoms with Gasteiger partial charge in [0.2, 0.25) is 0 Å². The molecular formula is C6H12N2. The summed E-state index contributed by atoms with van der Waals surface area (Å²) in [6.45, 7) is 3.66. The van der Waals surface area contributed by atoms with Crippen molar-refractivity contribution in [3.05, 3.63) is 11.8 Å². The Bertz CT molecular complexity index is 114. The summed E-state index contributed by atoms with van der Waals surface area (Å²) in [5.41, 5.74) is 1.47. The second-order valence-electron chi connectivity index (χ2n) is 1.58. The predicted molar refractivity (Wildman–Crippen MR) is 36.2 cm³/mol. The lowest BCUT2D eigenvalue weighted by Crippen LogP contribution is -2.11. The topological polar surface area (TPSA) is 35.9 Å². The van der Waals surface area contributed by atoms with E-state index >= 15 is 0 Å². The lowest BCUT2D eigenvalue weighted by atomic mass is 10.3. The summed E-state index contributed by atoms with van der Waals surface area (Å²) >= 11 is 0. The first-order valence-electron chi connectivity index (χ1n) is 2.62. The van der Waals surface area contributed by atoms with E-state index in [0.29, 0.717) is 5.71 Å². The molecule has 0 saturated carbocycles. The Kier molecular flexibility index (Phi) is 2.92. The van der Waals surface area contributed by atoms with Crippen LogP contribution in [0.1, 0.15) is 13.8 Å². The molecule has 0 saturated heterocycles. The van der Waals surface area contributed by atoms with E-state index in [9.17, 15) is 0 Å². The van der Waals surface area contributed by atoms with Crippen LogP contribution in [0.15, 0.2) is 11.8 Å². The van der Waals surface area contributed by atoms with Gasteiger partial charge in [0.25, 0.3) is 0 Å². The maximum Gasteiger partial charge on any atom is 0.0510 e. The van der Waals surface area contributed by atoms with Crippen LogP contribution in [0.25, 0.3) is 0 Å². The van der Waals surface area contributed by atoms with Crippen LogP contribution < -0.4 is 5.32 Å². The summed E-state index contributed by atoms with van der Waals surface area (Å²) in [5, 5.41) is 10.0. The van der Waals surface area contributed by atoms with E-state index in [1.807, 2.05) is 20.0 Å². The fraction of sp³-hybridized carbons (Fsp3) is 0.500. The van der Waals surface area contributed by atoms with Crippen molar-refractivity contribution in [1.82, 2.24) is 5.32 Å². The third-order valence-corrected chi connectivity index (χ3v) is 0.962. The molecule has 2 heteroatoms. The molecule has 0 amide bonds. The van der Waals surface area contributed by atoms with Gasteiger partial charge in [-0.3, -0.25) is 0 Å². The molecule has 0 spiro atoms. The third kappa shape index (κ3) is 1.78. The molecule has 0 aliphatic rings. The predicted octanol–water partition coefficient (Wildman–Crippen LogP) is 1.15. The van der Waals surface area contributed by atoms with E-state index in [0.717, 1.165) is 5.70 Å². The van der Waals surface area contributed by atoms with Crippen molar-refractivity contribution < 1.29 is 0 Å². The summed E-state index contributed by atoms with van der Waals surface area (Å²) in [6.07, 6.45) is 1.88. The average Bonchev–Trinajstić information content (AvgIpc) is 1.69. The van der Waals surface area contributed by atoms with E-state index in [1.54, 1.807) is 6.92 Å². The normalized spacial score (nSPS) is 11.1. The molecule has 0 heterocycles. The van der Waals surface area contributed by atoms with Gasteiger partial charge in [0.15, 0.2) is 0 Å². The largest absolute Gasteiger partial charge is 0.387 e. The molecule has 2 nitrogen and oxygen atoms in total. The van der Waals surface area contributed by atoms with Crippen LogP contribution in [0.3, 0.4) is 0 Å². The zero-order chi connectivity index (χ0) is 6.57. The summed E-state index contributed by atoms with van der Waals surface area (Å²) in [6, 6.07) is 0. The quantitative estimate of drug-likeness (QED) is 0.516. The van der Waals surface area contributed by atoms with E-state index in [1.165, 1.54) is 0 Å². The molecule has 0 aromatic heterocycles. The molecule has 0 aliphatic heterocycles. The third-order valence-electron chi connectivity index (χ3n) is 0.962. The summed E-state index contributed by atoms with van der Waals surface area (Å²) in [7, 11) is 1.81. The smallest absolute Gasteiger partial charge is 0.0510 e. The van der Waals surface area contributed by atoms with Crippen LogP contribution in [0.4, 0.5) is 0 Å². The Labute approximate surface area is 50.1 Å². The van der Waals surface area contributed by atoms with E-state index in [-0.39, 0.29) is 0 Å². The molecular weight excluding hydrogens is 100 g/mol. The van der Waals surface area contributed by atoms with E-state index in [4.69, 9.17) is 5.41 Å². The Morgan fingerprint density at radius 1 is 1.62 bits per heavy atom. The fourth-order valence-corrected chi connectivity index (χ4v) is 0.548.